The molecule has 11 nitrogen and oxygen atoms in total. The summed E-state index contributed by atoms with van der Waals surface area (Å²) in [4.78, 5) is 19.9. The predicted octanol–water partition coefficient (Wildman–Crippen LogP) is 6.20. The van der Waals surface area contributed by atoms with E-state index in [2.05, 4.69) is 35.2 Å². The highest BCUT2D eigenvalue weighted by atomic mass is 32.2. The topological polar surface area (TPSA) is 148 Å². The van der Waals surface area contributed by atoms with Crippen LogP contribution in [0.15, 0.2) is 101 Å². The van der Waals surface area contributed by atoms with Gasteiger partial charge in [0, 0.05) is 41.3 Å². The average molecular weight is 611 g/mol. The molecule has 43 heavy (non-hydrogen) atoms. The first kappa shape index (κ1) is 29.1. The molecule has 0 atom stereocenters. The maximum atomic E-state index is 12.8. The number of benzene rings is 3. The number of ether oxygens (including phenoxy) is 1. The van der Waals surface area contributed by atoms with Crippen molar-refractivity contribution in [2.24, 2.45) is 0 Å². The summed E-state index contributed by atoms with van der Waals surface area (Å²) < 4.78 is 74.6. The normalized spacial score (nSPS) is 11.5. The fourth-order valence-electron chi connectivity index (χ4n) is 3.82. The molecule has 0 radical (unpaired) electrons. The standard InChI is InChI=1S/C28H21F3N6O5S/c1-17(38)33-22-3-2-4-24(16-22)43(39,40)37-21-7-5-18(6-8-21)27-35-26(36-42-27)19-13-14-32-25(15-19)34-20-9-11-23(12-10-20)41-28(29,30)31/h2-16,37H,1H3,(H,32,34)(H,33,38). The number of amides is 1. The molecule has 3 N–H and O–H groups in total. The first-order chi connectivity index (χ1) is 20.4. The van der Waals surface area contributed by atoms with Crippen molar-refractivity contribution in [3.8, 4) is 28.6 Å². The van der Waals surface area contributed by atoms with E-state index in [9.17, 15) is 26.4 Å². The number of nitrogens with zero attached hydrogens (tertiary/aromatic N) is 3. The second kappa shape index (κ2) is 11.8. The zero-order valence-corrected chi connectivity index (χ0v) is 22.9. The lowest BCUT2D eigenvalue weighted by molar-refractivity contribution is -0.274. The molecule has 5 aromatic rings. The van der Waals surface area contributed by atoms with Gasteiger partial charge in [-0.05, 0) is 78.9 Å². The molecule has 0 aliphatic carbocycles. The quantitative estimate of drug-likeness (QED) is 0.177. The third-order valence-electron chi connectivity index (χ3n) is 5.65. The number of pyridine rings is 1. The lowest BCUT2D eigenvalue weighted by atomic mass is 10.2. The summed E-state index contributed by atoms with van der Waals surface area (Å²) in [6.07, 6.45) is -3.28. The molecule has 3 aromatic carbocycles. The summed E-state index contributed by atoms with van der Waals surface area (Å²) in [5.74, 6) is 0.137. The molecule has 1 amide bonds. The molecule has 0 saturated carbocycles. The van der Waals surface area contributed by atoms with E-state index in [0.717, 1.165) is 0 Å². The van der Waals surface area contributed by atoms with E-state index in [-0.39, 0.29) is 34.0 Å². The second-order valence-corrected chi connectivity index (χ2v) is 10.6. The molecule has 0 bridgehead atoms. The maximum Gasteiger partial charge on any atom is 0.573 e. The van der Waals surface area contributed by atoms with Crippen LogP contribution in [0.2, 0.25) is 0 Å². The molecule has 2 aromatic heterocycles. The van der Waals surface area contributed by atoms with E-state index in [0.29, 0.717) is 28.3 Å². The van der Waals surface area contributed by atoms with Crippen molar-refractivity contribution in [1.29, 1.82) is 0 Å². The predicted molar refractivity (Wildman–Crippen MR) is 151 cm³/mol. The van der Waals surface area contributed by atoms with Crippen LogP contribution in [-0.2, 0) is 14.8 Å². The third kappa shape index (κ3) is 7.65. The number of sulfonamides is 1. The number of anilines is 4. The van der Waals surface area contributed by atoms with Crippen molar-refractivity contribution >= 4 is 38.8 Å². The van der Waals surface area contributed by atoms with E-state index in [1.54, 1.807) is 30.3 Å². The zero-order chi connectivity index (χ0) is 30.6. The summed E-state index contributed by atoms with van der Waals surface area (Å²) in [5.41, 5.74) is 2.20. The van der Waals surface area contributed by atoms with Crippen LogP contribution in [0.3, 0.4) is 0 Å². The van der Waals surface area contributed by atoms with Crippen molar-refractivity contribution in [2.45, 2.75) is 18.2 Å². The molecule has 0 aliphatic rings. The first-order valence-corrected chi connectivity index (χ1v) is 13.9. The molecule has 0 spiro atoms. The molecule has 0 aliphatic heterocycles. The van der Waals surface area contributed by atoms with Gasteiger partial charge in [0.25, 0.3) is 15.9 Å². The Hall–Kier alpha value is -5.44. The SMILES string of the molecule is CC(=O)Nc1cccc(S(=O)(=O)Nc2ccc(-c3nc(-c4ccnc(Nc5ccc(OC(F)(F)F)cc5)c4)no3)cc2)c1. The number of hydrogen-bond donors (Lipinski definition) is 3. The zero-order valence-electron chi connectivity index (χ0n) is 22.1. The van der Waals surface area contributed by atoms with Crippen molar-refractivity contribution in [3.05, 3.63) is 91.1 Å². The molecule has 0 fully saturated rings. The molecule has 5 rings (SSSR count). The lowest BCUT2D eigenvalue weighted by Crippen LogP contribution is -2.16. The van der Waals surface area contributed by atoms with E-state index < -0.39 is 16.4 Å². The summed E-state index contributed by atoms with van der Waals surface area (Å²) in [7, 11) is -3.93. The van der Waals surface area contributed by atoms with Crippen molar-refractivity contribution in [3.63, 3.8) is 0 Å². The largest absolute Gasteiger partial charge is 0.573 e. The Morgan fingerprint density at radius 1 is 0.884 bits per heavy atom. The highest BCUT2D eigenvalue weighted by Crippen LogP contribution is 2.28. The second-order valence-electron chi connectivity index (χ2n) is 8.94. The van der Waals surface area contributed by atoms with Crippen LogP contribution < -0.4 is 20.1 Å². The Kier molecular flexibility index (Phi) is 7.98. The van der Waals surface area contributed by atoms with Gasteiger partial charge in [-0.15, -0.1) is 13.2 Å². The molecular formula is C28H21F3N6O5S. The Morgan fingerprint density at radius 3 is 2.30 bits per heavy atom. The van der Waals surface area contributed by atoms with Crippen LogP contribution in [0.1, 0.15) is 6.92 Å². The molecule has 15 heteroatoms. The Labute approximate surface area is 242 Å². The van der Waals surface area contributed by atoms with Crippen LogP contribution in [0.4, 0.5) is 36.1 Å². The van der Waals surface area contributed by atoms with Gasteiger partial charge >= 0.3 is 6.36 Å². The van der Waals surface area contributed by atoms with Crippen molar-refractivity contribution in [2.75, 3.05) is 15.4 Å². The number of carbonyl (C=O) groups is 1. The minimum atomic E-state index is -4.78. The molecule has 0 saturated heterocycles. The highest BCUT2D eigenvalue weighted by molar-refractivity contribution is 7.92. The first-order valence-electron chi connectivity index (χ1n) is 12.4. The average Bonchev–Trinajstić information content (AvgIpc) is 3.44. The van der Waals surface area contributed by atoms with Gasteiger partial charge in [-0.2, -0.15) is 4.98 Å². The van der Waals surface area contributed by atoms with Crippen molar-refractivity contribution in [1.82, 2.24) is 15.1 Å². The van der Waals surface area contributed by atoms with Crippen LogP contribution in [0.5, 0.6) is 5.75 Å². The van der Waals surface area contributed by atoms with Gasteiger partial charge in [-0.25, -0.2) is 13.4 Å². The van der Waals surface area contributed by atoms with Gasteiger partial charge in [0.15, 0.2) is 0 Å². The summed E-state index contributed by atoms with van der Waals surface area (Å²) in [6, 6.07) is 20.6. The molecule has 220 valence electrons. The van der Waals surface area contributed by atoms with Gasteiger partial charge in [0.1, 0.15) is 11.6 Å². The fraction of sp³-hybridized carbons (Fsp3) is 0.0714. The van der Waals surface area contributed by atoms with Gasteiger partial charge in [-0.3, -0.25) is 9.52 Å². The molecule has 0 unspecified atom stereocenters. The number of rotatable bonds is 9. The Bertz CT molecular complexity index is 1860. The smallest absolute Gasteiger partial charge is 0.406 e. The number of carbonyl (C=O) groups excluding carboxylic acids is 1. The van der Waals surface area contributed by atoms with E-state index in [1.807, 2.05) is 0 Å². The van der Waals surface area contributed by atoms with Gasteiger partial charge in [0.2, 0.25) is 11.7 Å². The summed E-state index contributed by atoms with van der Waals surface area (Å²) >= 11 is 0. The number of hydrogen-bond acceptors (Lipinski definition) is 9. The summed E-state index contributed by atoms with van der Waals surface area (Å²) in [5, 5.41) is 9.53. The van der Waals surface area contributed by atoms with Crippen LogP contribution in [0.25, 0.3) is 22.8 Å². The van der Waals surface area contributed by atoms with E-state index in [4.69, 9.17) is 4.52 Å². The minimum Gasteiger partial charge on any atom is -0.406 e. The van der Waals surface area contributed by atoms with E-state index in [1.165, 1.54) is 67.7 Å². The van der Waals surface area contributed by atoms with Gasteiger partial charge < -0.3 is 19.9 Å². The van der Waals surface area contributed by atoms with Crippen LogP contribution in [-0.4, -0.2) is 35.8 Å². The Morgan fingerprint density at radius 2 is 1.60 bits per heavy atom. The molecule has 2 heterocycles. The number of nitrogens with one attached hydrogen (secondary N) is 3. The number of aromatic nitrogens is 3. The number of halogens is 3. The third-order valence-corrected chi connectivity index (χ3v) is 7.03. The van der Waals surface area contributed by atoms with Crippen LogP contribution in [0, 0.1) is 0 Å². The Balaban J connectivity index is 1.26. The monoisotopic (exact) mass is 610 g/mol. The van der Waals surface area contributed by atoms with E-state index >= 15 is 0 Å². The lowest BCUT2D eigenvalue weighted by Gasteiger charge is -2.10. The summed E-state index contributed by atoms with van der Waals surface area (Å²) in [6.45, 7) is 1.32. The molecular weight excluding hydrogens is 589 g/mol. The maximum absolute atomic E-state index is 12.8. The minimum absolute atomic E-state index is 0.0249. The number of alkyl halides is 3. The highest BCUT2D eigenvalue weighted by Gasteiger charge is 2.31. The van der Waals surface area contributed by atoms with Crippen molar-refractivity contribution < 1.29 is 35.6 Å². The van der Waals surface area contributed by atoms with Gasteiger partial charge in [-0.1, -0.05) is 11.2 Å². The fourth-order valence-corrected chi connectivity index (χ4v) is 4.93. The van der Waals surface area contributed by atoms with Gasteiger partial charge in [0.05, 0.1) is 4.90 Å². The van der Waals surface area contributed by atoms with Crippen LogP contribution >= 0.6 is 0 Å².